The van der Waals surface area contributed by atoms with E-state index in [1.807, 2.05) is 6.92 Å². The minimum atomic E-state index is -4.93. The van der Waals surface area contributed by atoms with Gasteiger partial charge in [-0.3, -0.25) is 4.79 Å². The van der Waals surface area contributed by atoms with Gasteiger partial charge in [0.05, 0.1) is 16.6 Å². The fourth-order valence-corrected chi connectivity index (χ4v) is 4.48. The summed E-state index contributed by atoms with van der Waals surface area (Å²) >= 11 is 0. The van der Waals surface area contributed by atoms with E-state index < -0.39 is 51.1 Å². The first kappa shape index (κ1) is 21.6. The van der Waals surface area contributed by atoms with Crippen molar-refractivity contribution in [2.45, 2.75) is 44.4 Å². The second-order valence-corrected chi connectivity index (χ2v) is 8.36. The highest BCUT2D eigenvalue weighted by Crippen LogP contribution is 2.46. The van der Waals surface area contributed by atoms with E-state index in [4.69, 9.17) is 0 Å². The van der Waals surface area contributed by atoms with Gasteiger partial charge in [-0.1, -0.05) is 0 Å². The SMILES string of the molecule is CNC(C)C1CCN(c2c(F)cc3c(=O)c(C(=O)O)cn(C4CC4)c3c2C(F)(F)F)C1. The topological polar surface area (TPSA) is 74.6 Å². The molecule has 2 aromatic rings. The summed E-state index contributed by atoms with van der Waals surface area (Å²) < 4.78 is 59.4. The van der Waals surface area contributed by atoms with Crippen LogP contribution in [0.5, 0.6) is 0 Å². The van der Waals surface area contributed by atoms with E-state index in [-0.39, 0.29) is 31.1 Å². The number of carbonyl (C=O) groups is 1. The number of hydrogen-bond acceptors (Lipinski definition) is 4. The number of benzene rings is 1. The summed E-state index contributed by atoms with van der Waals surface area (Å²) in [5.41, 5.74) is -3.99. The third-order valence-corrected chi connectivity index (χ3v) is 6.40. The first-order chi connectivity index (χ1) is 14.5. The van der Waals surface area contributed by atoms with Crippen LogP contribution >= 0.6 is 0 Å². The maximum atomic E-state index is 15.2. The number of alkyl halides is 3. The third kappa shape index (κ3) is 3.66. The number of aromatic nitrogens is 1. The average molecular weight is 441 g/mol. The molecule has 0 bridgehead atoms. The Balaban J connectivity index is 2.02. The standard InChI is InChI=1S/C21H23F4N3O3/c1-10(26-2)11-5-6-27(8-11)18-15(22)7-13-17(16(18)21(23,24)25)28(12-3-4-12)9-14(19(13)29)20(30)31/h7,9-12,26H,3-6,8H2,1-2H3,(H,30,31). The molecule has 1 aromatic carbocycles. The van der Waals surface area contributed by atoms with E-state index >= 15 is 4.39 Å². The summed E-state index contributed by atoms with van der Waals surface area (Å²) in [5.74, 6) is -2.68. The van der Waals surface area contributed by atoms with Crippen LogP contribution in [0.1, 0.15) is 48.1 Å². The number of anilines is 1. The molecule has 2 unspecified atom stereocenters. The summed E-state index contributed by atoms with van der Waals surface area (Å²) in [4.78, 5) is 25.5. The molecular weight excluding hydrogens is 418 g/mol. The monoisotopic (exact) mass is 441 g/mol. The number of hydrogen-bond donors (Lipinski definition) is 2. The molecule has 0 radical (unpaired) electrons. The normalized spacial score (nSPS) is 20.5. The van der Waals surface area contributed by atoms with Gasteiger partial charge in [-0.2, -0.15) is 13.2 Å². The molecule has 4 rings (SSSR count). The zero-order valence-corrected chi connectivity index (χ0v) is 17.1. The molecule has 2 heterocycles. The van der Waals surface area contributed by atoms with Gasteiger partial charge in [0.15, 0.2) is 0 Å². The van der Waals surface area contributed by atoms with Crippen molar-refractivity contribution in [1.29, 1.82) is 0 Å². The van der Waals surface area contributed by atoms with E-state index in [0.29, 0.717) is 19.3 Å². The number of pyridine rings is 1. The highest BCUT2D eigenvalue weighted by atomic mass is 19.4. The number of halogens is 4. The molecule has 0 amide bonds. The largest absolute Gasteiger partial charge is 0.477 e. The van der Waals surface area contributed by atoms with Crippen LogP contribution in [0.15, 0.2) is 17.1 Å². The van der Waals surface area contributed by atoms with Crippen molar-refractivity contribution in [2.75, 3.05) is 25.0 Å². The van der Waals surface area contributed by atoms with E-state index in [9.17, 15) is 27.9 Å². The molecule has 0 spiro atoms. The quantitative estimate of drug-likeness (QED) is 0.694. The van der Waals surface area contributed by atoms with Crippen molar-refractivity contribution >= 4 is 22.6 Å². The number of nitrogens with zero attached hydrogens (tertiary/aromatic N) is 2. The first-order valence-electron chi connectivity index (χ1n) is 10.2. The first-order valence-corrected chi connectivity index (χ1v) is 10.2. The lowest BCUT2D eigenvalue weighted by Crippen LogP contribution is -2.33. The molecule has 1 aliphatic heterocycles. The number of nitrogens with one attached hydrogen (secondary N) is 1. The number of carboxylic acids is 1. The predicted molar refractivity (Wildman–Crippen MR) is 107 cm³/mol. The summed E-state index contributed by atoms with van der Waals surface area (Å²) in [6, 6.07) is 0.462. The molecule has 6 nitrogen and oxygen atoms in total. The number of carboxylic acid groups (broad SMARTS) is 1. The van der Waals surface area contributed by atoms with Crippen LogP contribution in [0.2, 0.25) is 0 Å². The van der Waals surface area contributed by atoms with Gasteiger partial charge >= 0.3 is 12.1 Å². The Morgan fingerprint density at radius 2 is 1.97 bits per heavy atom. The van der Waals surface area contributed by atoms with E-state index in [1.54, 1.807) is 7.05 Å². The molecule has 2 fully saturated rings. The highest BCUT2D eigenvalue weighted by molar-refractivity contribution is 5.95. The molecule has 1 saturated carbocycles. The minimum Gasteiger partial charge on any atom is -0.477 e. The lowest BCUT2D eigenvalue weighted by atomic mass is 10.0. The van der Waals surface area contributed by atoms with E-state index in [2.05, 4.69) is 5.32 Å². The molecule has 31 heavy (non-hydrogen) atoms. The molecule has 2 atom stereocenters. The Labute approximate surface area is 175 Å². The Kier molecular flexibility index (Phi) is 5.23. The zero-order chi connectivity index (χ0) is 22.7. The van der Waals surface area contributed by atoms with E-state index in [0.717, 1.165) is 12.3 Å². The predicted octanol–water partition coefficient (Wildman–Crippen LogP) is 3.63. The van der Waals surface area contributed by atoms with E-state index in [1.165, 1.54) is 9.47 Å². The Bertz CT molecular complexity index is 1110. The van der Waals surface area contributed by atoms with Gasteiger partial charge in [0, 0.05) is 31.4 Å². The van der Waals surface area contributed by atoms with Crippen molar-refractivity contribution in [1.82, 2.24) is 9.88 Å². The maximum Gasteiger partial charge on any atom is 0.420 e. The van der Waals surface area contributed by atoms with Crippen LogP contribution in [0.25, 0.3) is 10.9 Å². The lowest BCUT2D eigenvalue weighted by molar-refractivity contribution is -0.136. The van der Waals surface area contributed by atoms with Crippen LogP contribution in [0, 0.1) is 11.7 Å². The van der Waals surface area contributed by atoms with Gasteiger partial charge in [0.1, 0.15) is 16.9 Å². The average Bonchev–Trinajstić information content (AvgIpc) is 3.42. The zero-order valence-electron chi connectivity index (χ0n) is 17.1. The van der Waals surface area contributed by atoms with Gasteiger partial charge in [0.25, 0.3) is 0 Å². The summed E-state index contributed by atoms with van der Waals surface area (Å²) in [6.45, 7) is 2.42. The number of rotatable bonds is 5. The smallest absolute Gasteiger partial charge is 0.420 e. The minimum absolute atomic E-state index is 0.0428. The molecular formula is C21H23F4N3O3. The Morgan fingerprint density at radius 3 is 2.52 bits per heavy atom. The molecule has 1 saturated heterocycles. The molecule has 10 heteroatoms. The van der Waals surface area contributed by atoms with Crippen molar-refractivity contribution in [3.8, 4) is 0 Å². The molecule has 2 aliphatic rings. The van der Waals surface area contributed by atoms with Crippen LogP contribution in [0.4, 0.5) is 23.2 Å². The molecule has 1 aromatic heterocycles. The molecule has 1 aliphatic carbocycles. The van der Waals surface area contributed by atoms with Gasteiger partial charge in [-0.05, 0) is 45.2 Å². The van der Waals surface area contributed by atoms with Crippen LogP contribution in [-0.4, -0.2) is 41.8 Å². The molecule has 2 N–H and O–H groups in total. The van der Waals surface area contributed by atoms with Crippen LogP contribution < -0.4 is 15.6 Å². The van der Waals surface area contributed by atoms with Gasteiger partial charge in [-0.25, -0.2) is 9.18 Å². The fourth-order valence-electron chi connectivity index (χ4n) is 4.48. The number of aromatic carboxylic acids is 1. The van der Waals surface area contributed by atoms with Gasteiger partial charge in [0.2, 0.25) is 5.43 Å². The maximum absolute atomic E-state index is 15.2. The molecule has 168 valence electrons. The van der Waals surface area contributed by atoms with Crippen molar-refractivity contribution < 1.29 is 27.5 Å². The van der Waals surface area contributed by atoms with Crippen molar-refractivity contribution in [2.24, 2.45) is 5.92 Å². The lowest BCUT2D eigenvalue weighted by Gasteiger charge is -2.27. The Hall–Kier alpha value is -2.62. The Morgan fingerprint density at radius 1 is 1.29 bits per heavy atom. The third-order valence-electron chi connectivity index (χ3n) is 6.40. The van der Waals surface area contributed by atoms with Crippen LogP contribution in [-0.2, 0) is 6.18 Å². The van der Waals surface area contributed by atoms with Crippen molar-refractivity contribution in [3.63, 3.8) is 0 Å². The fraction of sp³-hybridized carbons (Fsp3) is 0.524. The summed E-state index contributed by atoms with van der Waals surface area (Å²) in [5, 5.41) is 11.9. The summed E-state index contributed by atoms with van der Waals surface area (Å²) in [7, 11) is 1.76. The number of fused-ring (bicyclic) bond motifs is 1. The van der Waals surface area contributed by atoms with Gasteiger partial charge < -0.3 is 19.9 Å². The summed E-state index contributed by atoms with van der Waals surface area (Å²) in [6.07, 6.45) is -2.24. The van der Waals surface area contributed by atoms with Gasteiger partial charge in [-0.15, -0.1) is 0 Å². The van der Waals surface area contributed by atoms with Crippen molar-refractivity contribution in [3.05, 3.63) is 39.4 Å². The van der Waals surface area contributed by atoms with Crippen LogP contribution in [0.3, 0.4) is 0 Å². The second-order valence-electron chi connectivity index (χ2n) is 8.36. The second kappa shape index (κ2) is 7.51. The highest BCUT2D eigenvalue weighted by Gasteiger charge is 2.43.